The number of hydrogen-bond donors (Lipinski definition) is 2. The molecule has 3 N–H and O–H groups in total. The van der Waals surface area contributed by atoms with Crippen LogP contribution in [0.5, 0.6) is 17.2 Å². The summed E-state index contributed by atoms with van der Waals surface area (Å²) < 4.78 is 11.3. The number of nitriles is 1. The number of phenolic OH excluding ortho intramolecular Hbond substituents is 1. The summed E-state index contributed by atoms with van der Waals surface area (Å²) in [5.41, 5.74) is 8.00. The molecule has 1 aliphatic rings. The van der Waals surface area contributed by atoms with E-state index < -0.39 is 0 Å². The average molecular weight is 350 g/mol. The van der Waals surface area contributed by atoms with Crippen molar-refractivity contribution < 1.29 is 14.6 Å². The molecule has 0 aromatic heterocycles. The number of nitrogens with zero attached hydrogens (tertiary/aromatic N) is 1. The first kappa shape index (κ1) is 17.7. The molecule has 134 valence electrons. The first-order valence-electron chi connectivity index (χ1n) is 8.63. The molecule has 0 saturated carbocycles. The molecule has 0 saturated heterocycles. The third kappa shape index (κ3) is 3.60. The number of aromatic hydroxyl groups is 1. The molecule has 2 aromatic carbocycles. The van der Waals surface area contributed by atoms with E-state index in [4.69, 9.17) is 15.2 Å². The normalized spacial score (nSPS) is 16.0. The third-order valence-corrected chi connectivity index (χ3v) is 4.38. The topological polar surface area (TPSA) is 88.5 Å². The van der Waals surface area contributed by atoms with Gasteiger partial charge in [0, 0.05) is 11.6 Å². The van der Waals surface area contributed by atoms with Crippen LogP contribution in [0.4, 0.5) is 0 Å². The lowest BCUT2D eigenvalue weighted by Crippen LogP contribution is -2.20. The minimum atomic E-state index is -0.339. The summed E-state index contributed by atoms with van der Waals surface area (Å²) in [6, 6.07) is 14.7. The molecule has 0 unspecified atom stereocenters. The molecule has 1 heterocycles. The van der Waals surface area contributed by atoms with E-state index in [2.05, 4.69) is 19.9 Å². The summed E-state index contributed by atoms with van der Waals surface area (Å²) in [7, 11) is 0. The largest absolute Gasteiger partial charge is 0.508 e. The van der Waals surface area contributed by atoms with Crippen LogP contribution in [0.3, 0.4) is 0 Å². The van der Waals surface area contributed by atoms with Gasteiger partial charge in [0.05, 0.1) is 12.5 Å². The number of benzene rings is 2. The van der Waals surface area contributed by atoms with Gasteiger partial charge in [-0.2, -0.15) is 5.26 Å². The van der Waals surface area contributed by atoms with Gasteiger partial charge in [-0.1, -0.05) is 32.0 Å². The minimum Gasteiger partial charge on any atom is -0.508 e. The summed E-state index contributed by atoms with van der Waals surface area (Å²) in [6.07, 6.45) is 0.996. The SMILES string of the molecule is CC(C)CCOc1ccc([C@H]2C(C#N)=C(N)Oc3cc(O)ccc32)cc1. The van der Waals surface area contributed by atoms with E-state index in [9.17, 15) is 10.4 Å². The average Bonchev–Trinajstić information content (AvgIpc) is 2.61. The molecule has 2 aromatic rings. The van der Waals surface area contributed by atoms with Gasteiger partial charge in [-0.15, -0.1) is 0 Å². The van der Waals surface area contributed by atoms with Crippen LogP contribution in [0.2, 0.25) is 0 Å². The summed E-state index contributed by atoms with van der Waals surface area (Å²) in [6.45, 7) is 4.99. The zero-order valence-electron chi connectivity index (χ0n) is 14.9. The van der Waals surface area contributed by atoms with Gasteiger partial charge in [-0.25, -0.2) is 0 Å². The van der Waals surface area contributed by atoms with Crippen molar-refractivity contribution in [1.29, 1.82) is 5.26 Å². The zero-order chi connectivity index (χ0) is 18.7. The molecule has 3 rings (SSSR count). The smallest absolute Gasteiger partial charge is 0.205 e. The third-order valence-electron chi connectivity index (χ3n) is 4.38. The van der Waals surface area contributed by atoms with Gasteiger partial charge in [0.15, 0.2) is 0 Å². The van der Waals surface area contributed by atoms with Crippen LogP contribution >= 0.6 is 0 Å². The second-order valence-electron chi connectivity index (χ2n) is 6.75. The van der Waals surface area contributed by atoms with Gasteiger partial charge < -0.3 is 20.3 Å². The van der Waals surface area contributed by atoms with Gasteiger partial charge in [0.2, 0.25) is 5.88 Å². The van der Waals surface area contributed by atoms with Crippen LogP contribution < -0.4 is 15.2 Å². The molecule has 0 fully saturated rings. The Balaban J connectivity index is 1.91. The first-order valence-corrected chi connectivity index (χ1v) is 8.63. The van der Waals surface area contributed by atoms with Gasteiger partial charge in [0.25, 0.3) is 0 Å². The predicted molar refractivity (Wildman–Crippen MR) is 98.8 cm³/mol. The standard InChI is InChI=1S/C21H22N2O3/c1-13(2)9-10-25-16-6-3-14(4-7-16)20-17-8-5-15(24)11-19(17)26-21(23)18(20)12-22/h3-8,11,13,20,24H,9-10,23H2,1-2H3/t20-/m1/s1. The second kappa shape index (κ2) is 7.40. The van der Waals surface area contributed by atoms with Crippen LogP contribution in [-0.4, -0.2) is 11.7 Å². The first-order chi connectivity index (χ1) is 12.5. The number of hydrogen-bond acceptors (Lipinski definition) is 5. The maximum atomic E-state index is 9.69. The van der Waals surface area contributed by atoms with E-state index in [-0.39, 0.29) is 17.6 Å². The van der Waals surface area contributed by atoms with Gasteiger partial charge in [-0.3, -0.25) is 0 Å². The molecule has 0 spiro atoms. The monoisotopic (exact) mass is 350 g/mol. The Labute approximate surface area is 153 Å². The Morgan fingerprint density at radius 1 is 1.23 bits per heavy atom. The summed E-state index contributed by atoms with van der Waals surface area (Å²) >= 11 is 0. The maximum Gasteiger partial charge on any atom is 0.205 e. The van der Waals surface area contributed by atoms with Crippen molar-refractivity contribution in [2.75, 3.05) is 6.61 Å². The number of allylic oxidation sites excluding steroid dienone is 1. The van der Waals surface area contributed by atoms with Crippen molar-refractivity contribution in [2.24, 2.45) is 11.7 Å². The molecular weight excluding hydrogens is 328 g/mol. The molecule has 26 heavy (non-hydrogen) atoms. The van der Waals surface area contributed by atoms with E-state index in [1.807, 2.05) is 24.3 Å². The van der Waals surface area contributed by atoms with Crippen molar-refractivity contribution in [2.45, 2.75) is 26.2 Å². The van der Waals surface area contributed by atoms with Crippen molar-refractivity contribution in [3.8, 4) is 23.3 Å². The van der Waals surface area contributed by atoms with Gasteiger partial charge >= 0.3 is 0 Å². The van der Waals surface area contributed by atoms with E-state index >= 15 is 0 Å². The highest BCUT2D eigenvalue weighted by molar-refractivity contribution is 5.57. The zero-order valence-corrected chi connectivity index (χ0v) is 14.9. The Bertz CT molecular complexity index is 864. The highest BCUT2D eigenvalue weighted by Gasteiger charge is 2.30. The number of ether oxygens (including phenoxy) is 2. The maximum absolute atomic E-state index is 9.69. The van der Waals surface area contributed by atoms with E-state index in [1.54, 1.807) is 12.1 Å². The van der Waals surface area contributed by atoms with E-state index in [0.717, 1.165) is 23.3 Å². The van der Waals surface area contributed by atoms with E-state index in [0.29, 0.717) is 23.8 Å². The number of nitrogens with two attached hydrogens (primary N) is 1. The van der Waals surface area contributed by atoms with Crippen LogP contribution in [0, 0.1) is 17.2 Å². The lowest BCUT2D eigenvalue weighted by molar-refractivity contribution is 0.289. The van der Waals surface area contributed by atoms with Crippen molar-refractivity contribution >= 4 is 0 Å². The lowest BCUT2D eigenvalue weighted by Gasteiger charge is -2.26. The molecule has 0 radical (unpaired) electrons. The molecule has 1 atom stereocenters. The van der Waals surface area contributed by atoms with Crippen molar-refractivity contribution in [1.82, 2.24) is 0 Å². The molecule has 0 aliphatic carbocycles. The molecular formula is C21H22N2O3. The quantitative estimate of drug-likeness (QED) is 0.850. The number of rotatable bonds is 5. The Hall–Kier alpha value is -3.13. The summed E-state index contributed by atoms with van der Waals surface area (Å²) in [5.74, 6) is 1.66. The van der Waals surface area contributed by atoms with Crippen LogP contribution in [0.15, 0.2) is 53.9 Å². The highest BCUT2D eigenvalue weighted by atomic mass is 16.5. The fourth-order valence-corrected chi connectivity index (χ4v) is 2.96. The summed E-state index contributed by atoms with van der Waals surface area (Å²) in [5, 5.41) is 19.2. The number of fused-ring (bicyclic) bond motifs is 1. The fraction of sp³-hybridized carbons (Fsp3) is 0.286. The van der Waals surface area contributed by atoms with Crippen LogP contribution in [-0.2, 0) is 0 Å². The molecule has 0 bridgehead atoms. The fourth-order valence-electron chi connectivity index (χ4n) is 2.96. The Morgan fingerprint density at radius 3 is 2.62 bits per heavy atom. The molecule has 0 amide bonds. The number of phenols is 1. The van der Waals surface area contributed by atoms with Gasteiger partial charge in [-0.05, 0) is 36.1 Å². The predicted octanol–water partition coefficient (Wildman–Crippen LogP) is 4.04. The Kier molecular flexibility index (Phi) is 5.04. The Morgan fingerprint density at radius 2 is 1.96 bits per heavy atom. The summed E-state index contributed by atoms with van der Waals surface area (Å²) in [4.78, 5) is 0. The minimum absolute atomic E-state index is 0.0628. The van der Waals surface area contributed by atoms with Gasteiger partial charge in [0.1, 0.15) is 28.9 Å². The lowest BCUT2D eigenvalue weighted by atomic mass is 9.83. The molecule has 1 aliphatic heterocycles. The van der Waals surface area contributed by atoms with E-state index in [1.165, 1.54) is 6.07 Å². The van der Waals surface area contributed by atoms with Crippen LogP contribution in [0.1, 0.15) is 37.3 Å². The highest BCUT2D eigenvalue weighted by Crippen LogP contribution is 2.43. The van der Waals surface area contributed by atoms with Crippen LogP contribution in [0.25, 0.3) is 0 Å². The second-order valence-corrected chi connectivity index (χ2v) is 6.75. The van der Waals surface area contributed by atoms with Crippen molar-refractivity contribution in [3.63, 3.8) is 0 Å². The molecule has 5 heteroatoms. The molecule has 5 nitrogen and oxygen atoms in total. The van der Waals surface area contributed by atoms with Crippen molar-refractivity contribution in [3.05, 3.63) is 65.0 Å².